The van der Waals surface area contributed by atoms with E-state index in [4.69, 9.17) is 4.74 Å². The molecule has 1 fully saturated rings. The number of aromatic nitrogens is 2. The molecule has 0 spiro atoms. The maximum absolute atomic E-state index is 5.63. The monoisotopic (exact) mass is 199 g/mol. The van der Waals surface area contributed by atoms with E-state index in [9.17, 15) is 0 Å². The third-order valence-corrected chi connectivity index (χ3v) is 2.87. The van der Waals surface area contributed by atoms with Crippen LogP contribution in [0.15, 0.2) is 5.38 Å². The first-order valence-corrected chi connectivity index (χ1v) is 5.28. The Morgan fingerprint density at radius 2 is 2.69 bits per heavy atom. The Hall–Kier alpha value is -0.520. The van der Waals surface area contributed by atoms with E-state index in [1.54, 1.807) is 0 Å². The van der Waals surface area contributed by atoms with Crippen LogP contribution in [0.1, 0.15) is 18.2 Å². The largest absolute Gasteiger partial charge is 0.371 e. The van der Waals surface area contributed by atoms with E-state index in [2.05, 4.69) is 14.9 Å². The highest BCUT2D eigenvalue weighted by atomic mass is 32.1. The van der Waals surface area contributed by atoms with Gasteiger partial charge in [0.05, 0.1) is 0 Å². The van der Waals surface area contributed by atoms with Gasteiger partial charge in [-0.25, -0.2) is 0 Å². The van der Waals surface area contributed by atoms with Crippen LogP contribution in [-0.4, -0.2) is 29.8 Å². The fourth-order valence-corrected chi connectivity index (χ4v) is 2.21. The van der Waals surface area contributed by atoms with Crippen LogP contribution < -0.4 is 5.32 Å². The van der Waals surface area contributed by atoms with E-state index in [0.717, 1.165) is 25.3 Å². The highest BCUT2D eigenvalue weighted by molar-refractivity contribution is 7.03. The van der Waals surface area contributed by atoms with Gasteiger partial charge in [-0.3, -0.25) is 0 Å². The molecule has 1 aromatic heterocycles. The van der Waals surface area contributed by atoms with Gasteiger partial charge in [-0.1, -0.05) is 4.49 Å². The van der Waals surface area contributed by atoms with Gasteiger partial charge >= 0.3 is 0 Å². The van der Waals surface area contributed by atoms with Crippen molar-refractivity contribution in [2.45, 2.75) is 12.5 Å². The second kappa shape index (κ2) is 4.13. The summed E-state index contributed by atoms with van der Waals surface area (Å²) in [5, 5.41) is 9.19. The molecule has 2 unspecified atom stereocenters. The van der Waals surface area contributed by atoms with Crippen molar-refractivity contribution in [1.29, 1.82) is 0 Å². The van der Waals surface area contributed by atoms with E-state index in [1.807, 2.05) is 12.4 Å². The fraction of sp³-hybridized carbons (Fsp3) is 0.750. The molecule has 0 radical (unpaired) electrons. The third kappa shape index (κ3) is 1.87. The van der Waals surface area contributed by atoms with E-state index in [-0.39, 0.29) is 6.10 Å². The Morgan fingerprint density at radius 1 is 1.77 bits per heavy atom. The summed E-state index contributed by atoms with van der Waals surface area (Å²) in [5.41, 5.74) is 0.989. The lowest BCUT2D eigenvalue weighted by Crippen LogP contribution is -2.21. The van der Waals surface area contributed by atoms with Gasteiger partial charge in [0.2, 0.25) is 0 Å². The summed E-state index contributed by atoms with van der Waals surface area (Å²) in [4.78, 5) is 0. The van der Waals surface area contributed by atoms with Gasteiger partial charge in [-0.05, 0) is 25.0 Å². The van der Waals surface area contributed by atoms with E-state index in [1.165, 1.54) is 11.5 Å². The van der Waals surface area contributed by atoms with Crippen LogP contribution in [0.25, 0.3) is 0 Å². The van der Waals surface area contributed by atoms with Crippen LogP contribution >= 0.6 is 11.5 Å². The summed E-state index contributed by atoms with van der Waals surface area (Å²) in [6.45, 7) is 1.83. The highest BCUT2D eigenvalue weighted by Gasteiger charge is 2.30. The van der Waals surface area contributed by atoms with Crippen molar-refractivity contribution < 1.29 is 4.74 Å². The van der Waals surface area contributed by atoms with Gasteiger partial charge in [-0.15, -0.1) is 5.10 Å². The number of hydrogen-bond donors (Lipinski definition) is 1. The van der Waals surface area contributed by atoms with Crippen molar-refractivity contribution in [3.05, 3.63) is 11.1 Å². The SMILES string of the molecule is CNCC1CCOC1c1csnn1. The predicted octanol–water partition coefficient (Wildman–Crippen LogP) is 0.835. The second-order valence-corrected chi connectivity index (χ2v) is 3.84. The van der Waals surface area contributed by atoms with E-state index < -0.39 is 0 Å². The van der Waals surface area contributed by atoms with Gasteiger partial charge in [0.15, 0.2) is 0 Å². The molecule has 5 heteroatoms. The minimum absolute atomic E-state index is 0.159. The molecule has 13 heavy (non-hydrogen) atoms. The van der Waals surface area contributed by atoms with Gasteiger partial charge in [-0.2, -0.15) is 0 Å². The maximum atomic E-state index is 5.63. The molecule has 0 aliphatic carbocycles. The average Bonchev–Trinajstić information content (AvgIpc) is 2.71. The van der Waals surface area contributed by atoms with Crippen molar-refractivity contribution in [3.63, 3.8) is 0 Å². The Morgan fingerprint density at radius 3 is 3.38 bits per heavy atom. The van der Waals surface area contributed by atoms with Crippen LogP contribution in [0, 0.1) is 5.92 Å². The molecule has 2 rings (SSSR count). The molecule has 2 atom stereocenters. The van der Waals surface area contributed by atoms with Gasteiger partial charge < -0.3 is 10.1 Å². The topological polar surface area (TPSA) is 47.0 Å². The molecule has 1 aliphatic heterocycles. The van der Waals surface area contributed by atoms with Crippen molar-refractivity contribution in [2.75, 3.05) is 20.2 Å². The highest BCUT2D eigenvalue weighted by Crippen LogP contribution is 2.33. The molecule has 72 valence electrons. The lowest BCUT2D eigenvalue weighted by molar-refractivity contribution is 0.0875. The standard InChI is InChI=1S/C8H13N3OS/c1-9-4-6-2-3-12-8(6)7-5-13-11-10-7/h5-6,8-9H,2-4H2,1H3. The quantitative estimate of drug-likeness (QED) is 0.783. The lowest BCUT2D eigenvalue weighted by Gasteiger charge is -2.14. The van der Waals surface area contributed by atoms with Crippen LogP contribution in [0.5, 0.6) is 0 Å². The molecule has 1 N–H and O–H groups in total. The van der Waals surface area contributed by atoms with Crippen LogP contribution in [0.2, 0.25) is 0 Å². The van der Waals surface area contributed by atoms with Crippen molar-refractivity contribution in [3.8, 4) is 0 Å². The molecular formula is C8H13N3OS. The number of ether oxygens (including phenoxy) is 1. The molecule has 0 amide bonds. The molecule has 4 nitrogen and oxygen atoms in total. The number of hydrogen-bond acceptors (Lipinski definition) is 5. The summed E-state index contributed by atoms with van der Waals surface area (Å²) in [7, 11) is 1.97. The zero-order valence-electron chi connectivity index (χ0n) is 7.56. The van der Waals surface area contributed by atoms with Gasteiger partial charge in [0.1, 0.15) is 11.8 Å². The first-order chi connectivity index (χ1) is 6.42. The van der Waals surface area contributed by atoms with Crippen LogP contribution in [-0.2, 0) is 4.74 Å². The molecular weight excluding hydrogens is 186 g/mol. The fourth-order valence-electron chi connectivity index (χ4n) is 1.73. The Kier molecular flexibility index (Phi) is 2.87. The average molecular weight is 199 g/mol. The molecule has 1 saturated heterocycles. The zero-order chi connectivity index (χ0) is 9.10. The summed E-state index contributed by atoms with van der Waals surface area (Å²) in [5.74, 6) is 0.550. The number of nitrogens with zero attached hydrogens (tertiary/aromatic N) is 2. The van der Waals surface area contributed by atoms with Gasteiger partial charge in [0, 0.05) is 24.4 Å². The Labute approximate surface area is 81.5 Å². The zero-order valence-corrected chi connectivity index (χ0v) is 8.38. The summed E-state index contributed by atoms with van der Waals surface area (Å²) in [6, 6.07) is 0. The van der Waals surface area contributed by atoms with Crippen molar-refractivity contribution >= 4 is 11.5 Å². The predicted molar refractivity (Wildman–Crippen MR) is 50.6 cm³/mol. The molecule has 0 saturated carbocycles. The van der Waals surface area contributed by atoms with E-state index in [0.29, 0.717) is 5.92 Å². The number of rotatable bonds is 3. The first kappa shape index (κ1) is 9.05. The third-order valence-electron chi connectivity index (χ3n) is 2.35. The summed E-state index contributed by atoms with van der Waals surface area (Å²) in [6.07, 6.45) is 1.27. The molecule has 1 aliphatic rings. The van der Waals surface area contributed by atoms with Gasteiger partial charge in [0.25, 0.3) is 0 Å². The lowest BCUT2D eigenvalue weighted by atomic mass is 10.00. The summed E-state index contributed by atoms with van der Waals surface area (Å²) < 4.78 is 9.48. The number of nitrogens with one attached hydrogen (secondary N) is 1. The van der Waals surface area contributed by atoms with Crippen LogP contribution in [0.3, 0.4) is 0 Å². The smallest absolute Gasteiger partial charge is 0.106 e. The van der Waals surface area contributed by atoms with Crippen molar-refractivity contribution in [1.82, 2.24) is 14.9 Å². The Bertz CT molecular complexity index is 252. The first-order valence-electron chi connectivity index (χ1n) is 4.45. The van der Waals surface area contributed by atoms with Crippen LogP contribution in [0.4, 0.5) is 0 Å². The Balaban J connectivity index is 2.05. The molecule has 1 aromatic rings. The maximum Gasteiger partial charge on any atom is 0.106 e. The van der Waals surface area contributed by atoms with Crippen molar-refractivity contribution in [2.24, 2.45) is 5.92 Å². The molecule has 0 bridgehead atoms. The van der Waals surface area contributed by atoms with E-state index >= 15 is 0 Å². The minimum Gasteiger partial charge on any atom is -0.371 e. The second-order valence-electron chi connectivity index (χ2n) is 3.23. The summed E-state index contributed by atoms with van der Waals surface area (Å²) >= 11 is 1.39. The minimum atomic E-state index is 0.159. The molecule has 2 heterocycles. The molecule has 0 aromatic carbocycles. The normalized spacial score (nSPS) is 28.1.